The molecule has 0 unspecified atom stereocenters. The summed E-state index contributed by atoms with van der Waals surface area (Å²) in [5, 5.41) is 12.8. The highest BCUT2D eigenvalue weighted by atomic mass is 32.1. The second-order valence-electron chi connectivity index (χ2n) is 5.44. The highest BCUT2D eigenvalue weighted by molar-refractivity contribution is 7.16. The quantitative estimate of drug-likeness (QED) is 0.880. The number of benzene rings is 1. The predicted molar refractivity (Wildman–Crippen MR) is 94.5 cm³/mol. The molecule has 1 amide bonds. The van der Waals surface area contributed by atoms with Gasteiger partial charge in [-0.05, 0) is 31.5 Å². The Labute approximate surface area is 141 Å². The molecule has 0 saturated heterocycles. The Morgan fingerprint density at radius 2 is 2.00 bits per heavy atom. The van der Waals surface area contributed by atoms with E-state index in [9.17, 15) is 10.1 Å². The van der Waals surface area contributed by atoms with Crippen molar-refractivity contribution in [3.8, 4) is 6.07 Å². The monoisotopic (exact) mass is 327 g/mol. The summed E-state index contributed by atoms with van der Waals surface area (Å²) in [6.07, 6.45) is 0. The number of amides is 1. The van der Waals surface area contributed by atoms with Crippen molar-refractivity contribution in [2.75, 3.05) is 18.4 Å². The fourth-order valence-electron chi connectivity index (χ4n) is 2.34. The molecule has 4 nitrogen and oxygen atoms in total. The molecule has 0 atom stereocenters. The van der Waals surface area contributed by atoms with Crippen LogP contribution in [0.1, 0.15) is 28.5 Å². The minimum atomic E-state index is -0.0828. The molecule has 120 valence electrons. The molecule has 0 saturated carbocycles. The predicted octanol–water partition coefficient (Wildman–Crippen LogP) is 3.70. The number of nitriles is 1. The highest BCUT2D eigenvalue weighted by Crippen LogP contribution is 2.31. The van der Waals surface area contributed by atoms with Crippen molar-refractivity contribution in [2.45, 2.75) is 27.3 Å². The van der Waals surface area contributed by atoms with Crippen molar-refractivity contribution in [3.63, 3.8) is 0 Å². The molecule has 0 aliphatic carbocycles. The summed E-state index contributed by atoms with van der Waals surface area (Å²) >= 11 is 1.46. The standard InChI is InChI=1S/C18H21N3OS/c1-4-21(11-15-8-6-5-7-9-15)12-17(22)20-18-16(10-19)13(2)14(3)23-18/h5-9H,4,11-12H2,1-3H3,(H,20,22). The number of hydrogen-bond acceptors (Lipinski definition) is 4. The maximum atomic E-state index is 12.3. The van der Waals surface area contributed by atoms with Crippen molar-refractivity contribution in [1.82, 2.24) is 4.90 Å². The normalized spacial score (nSPS) is 10.6. The van der Waals surface area contributed by atoms with Gasteiger partial charge in [0, 0.05) is 11.4 Å². The first-order valence-electron chi connectivity index (χ1n) is 7.61. The van der Waals surface area contributed by atoms with Crippen LogP contribution in [0, 0.1) is 25.2 Å². The maximum absolute atomic E-state index is 12.3. The maximum Gasteiger partial charge on any atom is 0.239 e. The van der Waals surface area contributed by atoms with E-state index in [0.29, 0.717) is 17.1 Å². The van der Waals surface area contributed by atoms with Crippen LogP contribution in [0.2, 0.25) is 0 Å². The summed E-state index contributed by atoms with van der Waals surface area (Å²) in [7, 11) is 0. The molecule has 1 aromatic carbocycles. The first kappa shape index (κ1) is 17.2. The van der Waals surface area contributed by atoms with Crippen molar-refractivity contribution in [2.24, 2.45) is 0 Å². The van der Waals surface area contributed by atoms with Crippen LogP contribution < -0.4 is 5.32 Å². The summed E-state index contributed by atoms with van der Waals surface area (Å²) < 4.78 is 0. The molecular weight excluding hydrogens is 306 g/mol. The summed E-state index contributed by atoms with van der Waals surface area (Å²) in [6, 6.07) is 12.3. The molecule has 0 fully saturated rings. The van der Waals surface area contributed by atoms with Crippen molar-refractivity contribution < 1.29 is 4.79 Å². The molecule has 0 aliphatic rings. The SMILES string of the molecule is CCN(CC(=O)Nc1sc(C)c(C)c1C#N)Cc1ccccc1. The van der Waals surface area contributed by atoms with E-state index in [0.717, 1.165) is 23.5 Å². The van der Waals surface area contributed by atoms with Crippen molar-refractivity contribution in [1.29, 1.82) is 5.26 Å². The molecule has 2 rings (SSSR count). The average Bonchev–Trinajstić information content (AvgIpc) is 2.81. The molecule has 1 aromatic heterocycles. The Kier molecular flexibility index (Phi) is 5.91. The summed E-state index contributed by atoms with van der Waals surface area (Å²) in [5.41, 5.74) is 2.71. The van der Waals surface area contributed by atoms with E-state index in [1.165, 1.54) is 16.9 Å². The van der Waals surface area contributed by atoms with E-state index in [4.69, 9.17) is 0 Å². The lowest BCUT2D eigenvalue weighted by Crippen LogP contribution is -2.32. The van der Waals surface area contributed by atoms with Gasteiger partial charge >= 0.3 is 0 Å². The van der Waals surface area contributed by atoms with E-state index in [1.54, 1.807) is 0 Å². The van der Waals surface area contributed by atoms with Crippen LogP contribution in [0.3, 0.4) is 0 Å². The number of hydrogen-bond donors (Lipinski definition) is 1. The molecule has 0 aliphatic heterocycles. The third-order valence-electron chi connectivity index (χ3n) is 3.81. The number of carbonyl (C=O) groups is 1. The smallest absolute Gasteiger partial charge is 0.239 e. The zero-order chi connectivity index (χ0) is 16.8. The van der Waals surface area contributed by atoms with E-state index < -0.39 is 0 Å². The van der Waals surface area contributed by atoms with Gasteiger partial charge in [0.15, 0.2) is 0 Å². The highest BCUT2D eigenvalue weighted by Gasteiger charge is 2.16. The zero-order valence-electron chi connectivity index (χ0n) is 13.7. The minimum absolute atomic E-state index is 0.0828. The number of rotatable bonds is 6. The lowest BCUT2D eigenvalue weighted by atomic mass is 10.2. The van der Waals surface area contributed by atoms with E-state index >= 15 is 0 Å². The molecule has 1 heterocycles. The number of thiophene rings is 1. The van der Waals surface area contributed by atoms with Crippen LogP contribution >= 0.6 is 11.3 Å². The Bertz CT molecular complexity index is 716. The van der Waals surface area contributed by atoms with Gasteiger partial charge in [-0.2, -0.15) is 5.26 Å². The Hall–Kier alpha value is -2.16. The van der Waals surface area contributed by atoms with E-state index in [-0.39, 0.29) is 5.91 Å². The Morgan fingerprint density at radius 1 is 1.30 bits per heavy atom. The van der Waals surface area contributed by atoms with E-state index in [2.05, 4.69) is 28.4 Å². The van der Waals surface area contributed by atoms with Gasteiger partial charge in [-0.3, -0.25) is 9.69 Å². The van der Waals surface area contributed by atoms with Crippen LogP contribution in [-0.2, 0) is 11.3 Å². The third kappa shape index (κ3) is 4.41. The molecule has 0 spiro atoms. The van der Waals surface area contributed by atoms with Gasteiger partial charge in [-0.25, -0.2) is 0 Å². The molecule has 0 bridgehead atoms. The van der Waals surface area contributed by atoms with Gasteiger partial charge in [0.25, 0.3) is 0 Å². The lowest BCUT2D eigenvalue weighted by molar-refractivity contribution is -0.117. The van der Waals surface area contributed by atoms with Gasteiger partial charge < -0.3 is 5.32 Å². The Morgan fingerprint density at radius 3 is 2.61 bits per heavy atom. The fraction of sp³-hybridized carbons (Fsp3) is 0.333. The van der Waals surface area contributed by atoms with Gasteiger partial charge in [0.1, 0.15) is 11.1 Å². The Balaban J connectivity index is 2.01. The number of nitrogens with zero attached hydrogens (tertiary/aromatic N) is 2. The van der Waals surface area contributed by atoms with Gasteiger partial charge in [0.05, 0.1) is 12.1 Å². The minimum Gasteiger partial charge on any atom is -0.315 e. The van der Waals surface area contributed by atoms with Crippen molar-refractivity contribution >= 4 is 22.2 Å². The zero-order valence-corrected chi connectivity index (χ0v) is 14.5. The first-order chi connectivity index (χ1) is 11.0. The fourth-order valence-corrected chi connectivity index (χ4v) is 3.37. The summed E-state index contributed by atoms with van der Waals surface area (Å²) in [5.74, 6) is -0.0828. The van der Waals surface area contributed by atoms with Crippen LogP contribution in [0.4, 0.5) is 5.00 Å². The molecule has 1 N–H and O–H groups in total. The van der Waals surface area contributed by atoms with Gasteiger partial charge in [-0.15, -0.1) is 11.3 Å². The van der Waals surface area contributed by atoms with Crippen LogP contribution in [0.15, 0.2) is 30.3 Å². The van der Waals surface area contributed by atoms with Gasteiger partial charge in [-0.1, -0.05) is 37.3 Å². The summed E-state index contributed by atoms with van der Waals surface area (Å²) in [4.78, 5) is 15.4. The molecule has 5 heteroatoms. The van der Waals surface area contributed by atoms with Gasteiger partial charge in [0.2, 0.25) is 5.91 Å². The second kappa shape index (κ2) is 7.91. The summed E-state index contributed by atoms with van der Waals surface area (Å²) in [6.45, 7) is 7.74. The molecule has 0 radical (unpaired) electrons. The number of nitrogens with one attached hydrogen (secondary N) is 1. The number of likely N-dealkylation sites (N-methyl/N-ethyl adjacent to an activating group) is 1. The molecule has 23 heavy (non-hydrogen) atoms. The van der Waals surface area contributed by atoms with Crippen molar-refractivity contribution in [3.05, 3.63) is 51.9 Å². The van der Waals surface area contributed by atoms with Crippen LogP contribution in [-0.4, -0.2) is 23.9 Å². The van der Waals surface area contributed by atoms with E-state index in [1.807, 2.05) is 39.0 Å². The first-order valence-corrected chi connectivity index (χ1v) is 8.43. The number of carbonyl (C=O) groups excluding carboxylic acids is 1. The van der Waals surface area contributed by atoms with Crippen LogP contribution in [0.25, 0.3) is 0 Å². The van der Waals surface area contributed by atoms with Crippen LogP contribution in [0.5, 0.6) is 0 Å². The molecular formula is C18H21N3OS. The largest absolute Gasteiger partial charge is 0.315 e. The third-order valence-corrected chi connectivity index (χ3v) is 4.94. The number of anilines is 1. The average molecular weight is 327 g/mol. The lowest BCUT2D eigenvalue weighted by Gasteiger charge is -2.19. The number of aryl methyl sites for hydroxylation is 1. The second-order valence-corrected chi connectivity index (χ2v) is 6.66. The molecule has 2 aromatic rings. The topological polar surface area (TPSA) is 56.1 Å².